The molecular formula is C16H12ClN5O5. The van der Waals surface area contributed by atoms with Crippen molar-refractivity contribution in [3.63, 3.8) is 0 Å². The van der Waals surface area contributed by atoms with E-state index in [2.05, 4.69) is 15.3 Å². The van der Waals surface area contributed by atoms with E-state index >= 15 is 0 Å². The lowest BCUT2D eigenvalue weighted by Crippen LogP contribution is -2.21. The average molecular weight is 390 g/mol. The van der Waals surface area contributed by atoms with Crippen LogP contribution in [0.4, 0.5) is 11.4 Å². The highest BCUT2D eigenvalue weighted by Gasteiger charge is 2.16. The summed E-state index contributed by atoms with van der Waals surface area (Å²) in [4.78, 5) is 42.4. The van der Waals surface area contributed by atoms with Gasteiger partial charge in [-0.05, 0) is 18.2 Å². The molecule has 0 radical (unpaired) electrons. The lowest BCUT2D eigenvalue weighted by atomic mass is 10.2. The SMILES string of the molecule is Cn1cnc2cc(C(=O)OCC(=O)Nc3ccc(Cl)c([N+](=O)[O-])c3)cnc21. The highest BCUT2D eigenvalue weighted by Crippen LogP contribution is 2.27. The number of nitrogens with one attached hydrogen (secondary N) is 1. The molecule has 0 atom stereocenters. The highest BCUT2D eigenvalue weighted by atomic mass is 35.5. The van der Waals surface area contributed by atoms with Crippen molar-refractivity contribution in [2.75, 3.05) is 11.9 Å². The van der Waals surface area contributed by atoms with Crippen LogP contribution in [-0.4, -0.2) is 37.9 Å². The molecule has 1 N–H and O–H groups in total. The van der Waals surface area contributed by atoms with Gasteiger partial charge in [-0.25, -0.2) is 14.8 Å². The minimum atomic E-state index is -0.743. The molecule has 3 rings (SSSR count). The summed E-state index contributed by atoms with van der Waals surface area (Å²) in [5.41, 5.74) is 1.08. The van der Waals surface area contributed by atoms with Gasteiger partial charge in [-0.15, -0.1) is 0 Å². The molecule has 27 heavy (non-hydrogen) atoms. The van der Waals surface area contributed by atoms with E-state index in [4.69, 9.17) is 16.3 Å². The number of hydrogen-bond donors (Lipinski definition) is 1. The largest absolute Gasteiger partial charge is 0.452 e. The number of carbonyl (C=O) groups is 2. The zero-order chi connectivity index (χ0) is 19.6. The predicted octanol–water partition coefficient (Wildman–Crippen LogP) is 2.33. The number of aromatic nitrogens is 3. The molecule has 0 aliphatic carbocycles. The molecule has 138 valence electrons. The van der Waals surface area contributed by atoms with Crippen molar-refractivity contribution in [3.05, 3.63) is 57.5 Å². The van der Waals surface area contributed by atoms with Crippen molar-refractivity contribution in [1.82, 2.24) is 14.5 Å². The maximum absolute atomic E-state index is 12.1. The standard InChI is InChI=1S/C16H12ClN5O5/c1-21-8-19-12-4-9(6-18-15(12)21)16(24)27-7-14(23)20-10-2-3-11(17)13(5-10)22(25)26/h2-6,8H,7H2,1H3,(H,20,23). The second kappa shape index (κ2) is 7.38. The fourth-order valence-electron chi connectivity index (χ4n) is 2.27. The third-order valence-corrected chi connectivity index (χ3v) is 3.87. The van der Waals surface area contributed by atoms with Crippen LogP contribution in [-0.2, 0) is 16.6 Å². The summed E-state index contributed by atoms with van der Waals surface area (Å²) in [7, 11) is 1.77. The van der Waals surface area contributed by atoms with Crippen molar-refractivity contribution in [2.45, 2.75) is 0 Å². The third kappa shape index (κ3) is 4.01. The Morgan fingerprint density at radius 1 is 1.33 bits per heavy atom. The minimum absolute atomic E-state index is 0.0539. The minimum Gasteiger partial charge on any atom is -0.452 e. The van der Waals surface area contributed by atoms with E-state index in [0.717, 1.165) is 6.07 Å². The van der Waals surface area contributed by atoms with Crippen LogP contribution in [0.25, 0.3) is 11.2 Å². The first-order chi connectivity index (χ1) is 12.8. The van der Waals surface area contributed by atoms with Gasteiger partial charge in [0.1, 0.15) is 10.5 Å². The molecule has 0 spiro atoms. The Bertz CT molecular complexity index is 1060. The van der Waals surface area contributed by atoms with Crippen LogP contribution in [0, 0.1) is 10.1 Å². The maximum Gasteiger partial charge on any atom is 0.340 e. The molecule has 0 fully saturated rings. The Morgan fingerprint density at radius 2 is 2.11 bits per heavy atom. The number of nitro benzene ring substituents is 1. The molecule has 3 aromatic rings. The van der Waals surface area contributed by atoms with E-state index in [-0.39, 0.29) is 22.0 Å². The number of ether oxygens (including phenoxy) is 1. The van der Waals surface area contributed by atoms with Gasteiger partial charge in [0, 0.05) is 25.0 Å². The molecular weight excluding hydrogens is 378 g/mol. The normalized spacial score (nSPS) is 10.6. The van der Waals surface area contributed by atoms with Crippen LogP contribution < -0.4 is 5.32 Å². The van der Waals surface area contributed by atoms with Crippen molar-refractivity contribution >= 4 is 46.0 Å². The van der Waals surface area contributed by atoms with E-state index in [1.807, 2.05) is 0 Å². The fourth-order valence-corrected chi connectivity index (χ4v) is 2.46. The number of imidazole rings is 1. The Kier molecular flexibility index (Phi) is 4.99. The van der Waals surface area contributed by atoms with Gasteiger partial charge in [-0.1, -0.05) is 11.6 Å². The van der Waals surface area contributed by atoms with Crippen LogP contribution in [0.3, 0.4) is 0 Å². The zero-order valence-electron chi connectivity index (χ0n) is 13.9. The number of rotatable bonds is 5. The van der Waals surface area contributed by atoms with Crippen LogP contribution in [0.2, 0.25) is 5.02 Å². The predicted molar refractivity (Wildman–Crippen MR) is 95.5 cm³/mol. The number of amides is 1. The number of nitrogens with zero attached hydrogens (tertiary/aromatic N) is 4. The molecule has 2 aromatic heterocycles. The number of pyridine rings is 1. The summed E-state index contributed by atoms with van der Waals surface area (Å²) < 4.78 is 6.63. The number of fused-ring (bicyclic) bond motifs is 1. The second-order valence-electron chi connectivity index (χ2n) is 5.47. The fraction of sp³-hybridized carbons (Fsp3) is 0.125. The lowest BCUT2D eigenvalue weighted by Gasteiger charge is -2.07. The number of carbonyl (C=O) groups excluding carboxylic acids is 2. The van der Waals surface area contributed by atoms with Gasteiger partial charge in [0.05, 0.1) is 16.8 Å². The molecule has 0 aliphatic rings. The van der Waals surface area contributed by atoms with E-state index in [1.165, 1.54) is 24.4 Å². The van der Waals surface area contributed by atoms with Crippen LogP contribution in [0.1, 0.15) is 10.4 Å². The van der Waals surface area contributed by atoms with Crippen molar-refractivity contribution in [1.29, 1.82) is 0 Å². The van der Waals surface area contributed by atoms with Crippen molar-refractivity contribution < 1.29 is 19.2 Å². The van der Waals surface area contributed by atoms with Crippen LogP contribution >= 0.6 is 11.6 Å². The summed E-state index contributed by atoms with van der Waals surface area (Å²) in [6.07, 6.45) is 2.89. The van der Waals surface area contributed by atoms with Gasteiger partial charge in [-0.2, -0.15) is 0 Å². The Hall–Kier alpha value is -3.53. The van der Waals surface area contributed by atoms with Crippen LogP contribution in [0.5, 0.6) is 0 Å². The van der Waals surface area contributed by atoms with Gasteiger partial charge < -0.3 is 14.6 Å². The van der Waals surface area contributed by atoms with Crippen molar-refractivity contribution in [2.24, 2.45) is 7.05 Å². The summed E-state index contributed by atoms with van der Waals surface area (Å²) in [5, 5.41) is 13.2. The van der Waals surface area contributed by atoms with Crippen LogP contribution in [0.15, 0.2) is 36.8 Å². The molecule has 1 amide bonds. The molecule has 0 unspecified atom stereocenters. The van der Waals surface area contributed by atoms with Gasteiger partial charge in [0.15, 0.2) is 12.3 Å². The van der Waals surface area contributed by atoms with Gasteiger partial charge >= 0.3 is 5.97 Å². The van der Waals surface area contributed by atoms with Crippen molar-refractivity contribution in [3.8, 4) is 0 Å². The number of halogens is 1. The number of benzene rings is 1. The van der Waals surface area contributed by atoms with E-state index in [1.54, 1.807) is 17.9 Å². The molecule has 11 heteroatoms. The van der Waals surface area contributed by atoms with E-state index < -0.39 is 23.4 Å². The zero-order valence-corrected chi connectivity index (χ0v) is 14.6. The first kappa shape index (κ1) is 18.3. The quantitative estimate of drug-likeness (QED) is 0.402. The van der Waals surface area contributed by atoms with Gasteiger partial charge in [0.2, 0.25) is 0 Å². The van der Waals surface area contributed by atoms with Gasteiger partial charge in [-0.3, -0.25) is 14.9 Å². The third-order valence-electron chi connectivity index (χ3n) is 3.55. The second-order valence-corrected chi connectivity index (χ2v) is 5.88. The molecule has 1 aromatic carbocycles. The number of esters is 1. The molecule has 0 saturated heterocycles. The molecule has 0 saturated carbocycles. The summed E-state index contributed by atoms with van der Waals surface area (Å²) in [5.74, 6) is -1.40. The monoisotopic (exact) mass is 389 g/mol. The molecule has 0 bridgehead atoms. The first-order valence-electron chi connectivity index (χ1n) is 7.53. The first-order valence-corrected chi connectivity index (χ1v) is 7.91. The average Bonchev–Trinajstić information content (AvgIpc) is 3.01. The Balaban J connectivity index is 1.62. The molecule has 0 aliphatic heterocycles. The maximum atomic E-state index is 12.1. The van der Waals surface area contributed by atoms with E-state index in [9.17, 15) is 19.7 Å². The number of nitro groups is 1. The lowest BCUT2D eigenvalue weighted by molar-refractivity contribution is -0.384. The number of anilines is 1. The highest BCUT2D eigenvalue weighted by molar-refractivity contribution is 6.32. The van der Waals surface area contributed by atoms with E-state index in [0.29, 0.717) is 11.2 Å². The number of aryl methyl sites for hydroxylation is 1. The Labute approximate surface area is 156 Å². The topological polar surface area (TPSA) is 129 Å². The van der Waals surface area contributed by atoms with Gasteiger partial charge in [0.25, 0.3) is 11.6 Å². The summed E-state index contributed by atoms with van der Waals surface area (Å²) in [6, 6.07) is 5.30. The molecule has 10 nitrogen and oxygen atoms in total. The smallest absolute Gasteiger partial charge is 0.340 e. The summed E-state index contributed by atoms with van der Waals surface area (Å²) >= 11 is 5.71. The Morgan fingerprint density at radius 3 is 2.85 bits per heavy atom. The number of hydrogen-bond acceptors (Lipinski definition) is 7. The molecule has 2 heterocycles. The summed E-state index contributed by atoms with van der Waals surface area (Å²) in [6.45, 7) is -0.574.